The number of anilines is 1. The number of pyridine rings is 1. The summed E-state index contributed by atoms with van der Waals surface area (Å²) in [6, 6.07) is 2.02. The molecule has 1 aliphatic rings. The van der Waals surface area contributed by atoms with Crippen molar-refractivity contribution < 1.29 is 22.7 Å². The molecule has 0 bridgehead atoms. The highest BCUT2D eigenvalue weighted by molar-refractivity contribution is 5.76. The van der Waals surface area contributed by atoms with E-state index in [0.717, 1.165) is 25.0 Å². The molecular weight excluding hydrogens is 309 g/mol. The molecule has 7 heteroatoms. The predicted molar refractivity (Wildman–Crippen MR) is 80.0 cm³/mol. The first-order chi connectivity index (χ1) is 10.7. The van der Waals surface area contributed by atoms with Gasteiger partial charge in [-0.25, -0.2) is 4.98 Å². The van der Waals surface area contributed by atoms with E-state index < -0.39 is 17.2 Å². The third kappa shape index (κ3) is 3.76. The Labute approximate surface area is 133 Å². The molecule has 4 nitrogen and oxygen atoms in total. The third-order valence-corrected chi connectivity index (χ3v) is 4.55. The van der Waals surface area contributed by atoms with Crippen LogP contribution in [-0.2, 0) is 15.7 Å². The number of carbonyl (C=O) groups excluding carboxylic acids is 1. The number of esters is 1. The summed E-state index contributed by atoms with van der Waals surface area (Å²) in [6.07, 6.45) is -1.59. The lowest BCUT2D eigenvalue weighted by Crippen LogP contribution is -2.45. The van der Waals surface area contributed by atoms with Gasteiger partial charge in [0.15, 0.2) is 0 Å². The van der Waals surface area contributed by atoms with E-state index in [-0.39, 0.29) is 11.9 Å². The maximum atomic E-state index is 12.8. The molecule has 1 saturated heterocycles. The lowest BCUT2D eigenvalue weighted by Gasteiger charge is -2.40. The van der Waals surface area contributed by atoms with Crippen molar-refractivity contribution in [3.63, 3.8) is 0 Å². The van der Waals surface area contributed by atoms with E-state index in [4.69, 9.17) is 4.74 Å². The van der Waals surface area contributed by atoms with E-state index in [2.05, 4.69) is 4.98 Å². The van der Waals surface area contributed by atoms with Crippen LogP contribution in [0.4, 0.5) is 19.0 Å². The van der Waals surface area contributed by atoms with Crippen LogP contribution in [0.5, 0.6) is 0 Å². The maximum Gasteiger partial charge on any atom is 0.416 e. The number of carbonyl (C=O) groups is 1. The number of aromatic nitrogens is 1. The molecule has 1 aliphatic heterocycles. The van der Waals surface area contributed by atoms with Gasteiger partial charge in [0.05, 0.1) is 18.1 Å². The van der Waals surface area contributed by atoms with Crippen LogP contribution in [0.1, 0.15) is 32.3 Å². The molecule has 1 fully saturated rings. The Balaban J connectivity index is 2.20. The fourth-order valence-electron chi connectivity index (χ4n) is 2.97. The molecule has 0 radical (unpaired) electrons. The molecule has 0 aliphatic carbocycles. The molecule has 0 N–H and O–H groups in total. The van der Waals surface area contributed by atoms with Gasteiger partial charge >= 0.3 is 12.1 Å². The number of piperidine rings is 1. The van der Waals surface area contributed by atoms with Gasteiger partial charge in [-0.3, -0.25) is 4.79 Å². The smallest absolute Gasteiger partial charge is 0.416 e. The number of hydrogen-bond acceptors (Lipinski definition) is 4. The largest absolute Gasteiger partial charge is 0.469 e. The highest BCUT2D eigenvalue weighted by Crippen LogP contribution is 2.37. The minimum atomic E-state index is -4.39. The number of ether oxygens (including phenoxy) is 1. The first-order valence-corrected chi connectivity index (χ1v) is 7.53. The predicted octanol–water partition coefficient (Wildman–Crippen LogP) is 3.52. The standard InChI is InChI=1S/C16H21F3N2O2/c1-15(2,14(22)23-3)12-5-4-8-21(10-12)13-9-11(6-7-20-13)16(17,18)19/h6-7,9,12H,4-5,8,10H2,1-3H3. The summed E-state index contributed by atoms with van der Waals surface area (Å²) in [5, 5.41) is 0. The van der Waals surface area contributed by atoms with Crippen molar-refractivity contribution in [1.29, 1.82) is 0 Å². The van der Waals surface area contributed by atoms with Crippen LogP contribution >= 0.6 is 0 Å². The van der Waals surface area contributed by atoms with Crippen molar-refractivity contribution in [3.05, 3.63) is 23.9 Å². The van der Waals surface area contributed by atoms with E-state index in [1.165, 1.54) is 13.3 Å². The van der Waals surface area contributed by atoms with Crippen molar-refractivity contribution in [1.82, 2.24) is 4.98 Å². The zero-order chi connectivity index (χ0) is 17.3. The molecule has 2 heterocycles. The van der Waals surface area contributed by atoms with Gasteiger partial charge in [-0.15, -0.1) is 0 Å². The van der Waals surface area contributed by atoms with Crippen LogP contribution in [0.3, 0.4) is 0 Å². The highest BCUT2D eigenvalue weighted by Gasteiger charge is 2.40. The molecule has 0 saturated carbocycles. The Morgan fingerprint density at radius 3 is 2.70 bits per heavy atom. The number of nitrogens with zero attached hydrogens (tertiary/aromatic N) is 2. The molecule has 0 spiro atoms. The normalized spacial score (nSPS) is 19.6. The molecule has 1 unspecified atom stereocenters. The molecule has 1 atom stereocenters. The van der Waals surface area contributed by atoms with Gasteiger partial charge in [0.1, 0.15) is 5.82 Å². The van der Waals surface area contributed by atoms with E-state index >= 15 is 0 Å². The van der Waals surface area contributed by atoms with E-state index in [9.17, 15) is 18.0 Å². The van der Waals surface area contributed by atoms with Gasteiger partial charge in [0, 0.05) is 19.3 Å². The lowest BCUT2D eigenvalue weighted by atomic mass is 9.74. The lowest BCUT2D eigenvalue weighted by molar-refractivity contribution is -0.154. The van der Waals surface area contributed by atoms with Crippen molar-refractivity contribution in [3.8, 4) is 0 Å². The average Bonchev–Trinajstić information content (AvgIpc) is 2.53. The summed E-state index contributed by atoms with van der Waals surface area (Å²) >= 11 is 0. The summed E-state index contributed by atoms with van der Waals surface area (Å²) in [4.78, 5) is 17.8. The van der Waals surface area contributed by atoms with Crippen molar-refractivity contribution >= 4 is 11.8 Å². The Bertz CT molecular complexity index is 573. The number of alkyl halides is 3. The van der Waals surface area contributed by atoms with Gasteiger partial charge in [0.2, 0.25) is 0 Å². The third-order valence-electron chi connectivity index (χ3n) is 4.55. The first-order valence-electron chi connectivity index (χ1n) is 7.53. The SMILES string of the molecule is COC(=O)C(C)(C)C1CCCN(c2cc(C(F)(F)F)ccn2)C1. The topological polar surface area (TPSA) is 42.4 Å². The highest BCUT2D eigenvalue weighted by atomic mass is 19.4. The Morgan fingerprint density at radius 2 is 2.09 bits per heavy atom. The minimum absolute atomic E-state index is 0.0000397. The van der Waals surface area contributed by atoms with Crippen LogP contribution in [0, 0.1) is 11.3 Å². The molecular formula is C16H21F3N2O2. The van der Waals surface area contributed by atoms with Crippen LogP contribution < -0.4 is 4.90 Å². The van der Waals surface area contributed by atoms with Crippen molar-refractivity contribution in [2.24, 2.45) is 11.3 Å². The van der Waals surface area contributed by atoms with E-state index in [1.807, 2.05) is 18.7 Å². The zero-order valence-corrected chi connectivity index (χ0v) is 13.5. The fourth-order valence-corrected chi connectivity index (χ4v) is 2.97. The zero-order valence-electron chi connectivity index (χ0n) is 13.5. The van der Waals surface area contributed by atoms with Crippen LogP contribution in [-0.4, -0.2) is 31.2 Å². The number of halogens is 3. The maximum absolute atomic E-state index is 12.8. The summed E-state index contributed by atoms with van der Waals surface area (Å²) < 4.78 is 43.4. The van der Waals surface area contributed by atoms with Gasteiger partial charge in [-0.1, -0.05) is 0 Å². The summed E-state index contributed by atoms with van der Waals surface area (Å²) in [5.74, 6) is -0.00779. The van der Waals surface area contributed by atoms with Crippen LogP contribution in [0.25, 0.3) is 0 Å². The molecule has 1 aromatic heterocycles. The average molecular weight is 330 g/mol. The molecule has 2 rings (SSSR count). The summed E-state index contributed by atoms with van der Waals surface area (Å²) in [7, 11) is 1.35. The molecule has 0 aromatic carbocycles. The Kier molecular flexibility index (Phi) is 4.87. The van der Waals surface area contributed by atoms with Crippen LogP contribution in [0.2, 0.25) is 0 Å². The second-order valence-electron chi connectivity index (χ2n) is 6.40. The van der Waals surface area contributed by atoms with Gasteiger partial charge in [-0.2, -0.15) is 13.2 Å². The number of rotatable bonds is 3. The molecule has 23 heavy (non-hydrogen) atoms. The summed E-state index contributed by atoms with van der Waals surface area (Å²) in [6.45, 7) is 4.73. The molecule has 0 amide bonds. The summed E-state index contributed by atoms with van der Waals surface area (Å²) in [5.41, 5.74) is -1.40. The quantitative estimate of drug-likeness (QED) is 0.796. The van der Waals surface area contributed by atoms with E-state index in [1.54, 1.807) is 0 Å². The van der Waals surface area contributed by atoms with Gasteiger partial charge in [-0.05, 0) is 44.7 Å². The number of hydrogen-bond donors (Lipinski definition) is 0. The van der Waals surface area contributed by atoms with E-state index in [0.29, 0.717) is 18.9 Å². The Morgan fingerprint density at radius 1 is 1.39 bits per heavy atom. The molecule has 1 aromatic rings. The first kappa shape index (κ1) is 17.6. The van der Waals surface area contributed by atoms with Gasteiger partial charge < -0.3 is 9.64 Å². The second kappa shape index (κ2) is 6.37. The fraction of sp³-hybridized carbons (Fsp3) is 0.625. The Hall–Kier alpha value is -1.79. The number of methoxy groups -OCH3 is 1. The van der Waals surface area contributed by atoms with Crippen molar-refractivity contribution in [2.75, 3.05) is 25.1 Å². The van der Waals surface area contributed by atoms with Crippen molar-refractivity contribution in [2.45, 2.75) is 32.9 Å². The molecule has 128 valence electrons. The minimum Gasteiger partial charge on any atom is -0.469 e. The second-order valence-corrected chi connectivity index (χ2v) is 6.40. The van der Waals surface area contributed by atoms with Gasteiger partial charge in [0.25, 0.3) is 0 Å². The monoisotopic (exact) mass is 330 g/mol. The van der Waals surface area contributed by atoms with Crippen LogP contribution in [0.15, 0.2) is 18.3 Å².